The molecule has 2 rings (SSSR count). The maximum absolute atomic E-state index is 11.9. The predicted octanol–water partition coefficient (Wildman–Crippen LogP) is 2.78. The highest BCUT2D eigenvalue weighted by Crippen LogP contribution is 2.17. The van der Waals surface area contributed by atoms with Crippen LogP contribution in [0.3, 0.4) is 0 Å². The Labute approximate surface area is 91.8 Å². The van der Waals surface area contributed by atoms with E-state index in [0.717, 1.165) is 10.8 Å². The van der Waals surface area contributed by atoms with Crippen molar-refractivity contribution in [2.45, 2.75) is 20.3 Å². The Kier molecular flexibility index (Phi) is 2.68. The average molecular weight is 221 g/mol. The van der Waals surface area contributed by atoms with Crippen LogP contribution in [0.4, 0.5) is 0 Å². The number of aromatic nitrogens is 1. The number of aryl methyl sites for hydroxylation is 2. The molecule has 0 aromatic carbocycles. The van der Waals surface area contributed by atoms with Gasteiger partial charge in [-0.15, -0.1) is 11.3 Å². The molecule has 0 unspecified atom stereocenters. The van der Waals surface area contributed by atoms with Gasteiger partial charge in [-0.3, -0.25) is 4.79 Å². The SMILES string of the molecule is Cc1cc(C(=O)Cc2nccs2)c(C)o1. The lowest BCUT2D eigenvalue weighted by Gasteiger charge is -1.95. The highest BCUT2D eigenvalue weighted by Gasteiger charge is 2.14. The normalized spacial score (nSPS) is 10.5. The summed E-state index contributed by atoms with van der Waals surface area (Å²) in [7, 11) is 0. The molecule has 0 amide bonds. The topological polar surface area (TPSA) is 43.1 Å². The molecule has 0 aliphatic carbocycles. The van der Waals surface area contributed by atoms with Gasteiger partial charge in [0.05, 0.1) is 12.0 Å². The van der Waals surface area contributed by atoms with E-state index in [2.05, 4.69) is 4.98 Å². The molecule has 3 nitrogen and oxygen atoms in total. The number of ketones is 1. The maximum Gasteiger partial charge on any atom is 0.173 e. The van der Waals surface area contributed by atoms with Crippen LogP contribution in [-0.4, -0.2) is 10.8 Å². The number of furan rings is 1. The third kappa shape index (κ3) is 2.15. The molecule has 0 aliphatic heterocycles. The Bertz CT molecular complexity index is 471. The summed E-state index contributed by atoms with van der Waals surface area (Å²) in [4.78, 5) is 15.9. The third-order valence-corrected chi connectivity index (χ3v) is 2.92. The number of hydrogen-bond donors (Lipinski definition) is 0. The molecule has 2 heterocycles. The minimum Gasteiger partial charge on any atom is -0.466 e. The van der Waals surface area contributed by atoms with Crippen LogP contribution < -0.4 is 0 Å². The molecule has 0 spiro atoms. The first kappa shape index (κ1) is 10.1. The molecule has 0 saturated carbocycles. The summed E-state index contributed by atoms with van der Waals surface area (Å²) in [5.74, 6) is 1.53. The summed E-state index contributed by atoms with van der Waals surface area (Å²) in [5.41, 5.74) is 0.669. The van der Waals surface area contributed by atoms with E-state index < -0.39 is 0 Å². The van der Waals surface area contributed by atoms with E-state index in [1.54, 1.807) is 12.3 Å². The van der Waals surface area contributed by atoms with E-state index in [9.17, 15) is 4.79 Å². The molecule has 2 aromatic heterocycles. The van der Waals surface area contributed by atoms with E-state index in [4.69, 9.17) is 4.42 Å². The minimum atomic E-state index is 0.0688. The quantitative estimate of drug-likeness (QED) is 0.748. The van der Waals surface area contributed by atoms with Crippen LogP contribution in [0.1, 0.15) is 26.9 Å². The van der Waals surface area contributed by atoms with Crippen molar-refractivity contribution >= 4 is 17.1 Å². The molecule has 4 heteroatoms. The summed E-state index contributed by atoms with van der Waals surface area (Å²) >= 11 is 1.50. The maximum atomic E-state index is 11.9. The van der Waals surface area contributed by atoms with Gasteiger partial charge >= 0.3 is 0 Å². The fraction of sp³-hybridized carbons (Fsp3) is 0.273. The molecule has 0 fully saturated rings. The van der Waals surface area contributed by atoms with E-state index in [-0.39, 0.29) is 5.78 Å². The molecule has 78 valence electrons. The van der Waals surface area contributed by atoms with Gasteiger partial charge in [0, 0.05) is 11.6 Å². The molecule has 15 heavy (non-hydrogen) atoms. The second kappa shape index (κ2) is 3.98. The van der Waals surface area contributed by atoms with Gasteiger partial charge in [0.2, 0.25) is 0 Å². The van der Waals surface area contributed by atoms with Crippen molar-refractivity contribution in [3.05, 3.63) is 39.7 Å². The first-order valence-electron chi connectivity index (χ1n) is 4.65. The molecule has 0 N–H and O–H groups in total. The number of Topliss-reactive ketones (excluding diaryl/α,β-unsaturated/α-hetero) is 1. The van der Waals surface area contributed by atoms with Gasteiger partial charge < -0.3 is 4.42 Å². The van der Waals surface area contributed by atoms with Crippen LogP contribution in [0, 0.1) is 13.8 Å². The Morgan fingerprint density at radius 2 is 2.33 bits per heavy atom. The van der Waals surface area contributed by atoms with E-state index in [1.165, 1.54) is 11.3 Å². The number of thiazole rings is 1. The Balaban J connectivity index is 2.18. The Morgan fingerprint density at radius 3 is 2.87 bits per heavy atom. The van der Waals surface area contributed by atoms with Gasteiger partial charge in [0.1, 0.15) is 16.5 Å². The molecule has 0 atom stereocenters. The van der Waals surface area contributed by atoms with Gasteiger partial charge in [-0.05, 0) is 19.9 Å². The molecule has 0 radical (unpaired) electrons. The summed E-state index contributed by atoms with van der Waals surface area (Å²) in [5, 5.41) is 2.72. The molecule has 0 saturated heterocycles. The van der Waals surface area contributed by atoms with Crippen molar-refractivity contribution in [2.24, 2.45) is 0 Å². The van der Waals surface area contributed by atoms with Gasteiger partial charge in [-0.2, -0.15) is 0 Å². The average Bonchev–Trinajstić information content (AvgIpc) is 2.75. The number of carbonyl (C=O) groups is 1. The van der Waals surface area contributed by atoms with Gasteiger partial charge in [-0.25, -0.2) is 4.98 Å². The minimum absolute atomic E-state index is 0.0688. The van der Waals surface area contributed by atoms with Crippen molar-refractivity contribution in [3.8, 4) is 0 Å². The Hall–Kier alpha value is -1.42. The molecule has 0 bridgehead atoms. The second-order valence-electron chi connectivity index (χ2n) is 3.35. The standard InChI is InChI=1S/C11H11NO2S/c1-7-5-9(8(2)14-7)10(13)6-11-12-3-4-15-11/h3-5H,6H2,1-2H3. The largest absolute Gasteiger partial charge is 0.466 e. The monoisotopic (exact) mass is 221 g/mol. The van der Waals surface area contributed by atoms with Crippen LogP contribution in [0.2, 0.25) is 0 Å². The number of carbonyl (C=O) groups excluding carboxylic acids is 1. The highest BCUT2D eigenvalue weighted by atomic mass is 32.1. The van der Waals surface area contributed by atoms with Crippen LogP contribution in [0.25, 0.3) is 0 Å². The number of nitrogens with zero attached hydrogens (tertiary/aromatic N) is 1. The lowest BCUT2D eigenvalue weighted by Crippen LogP contribution is -2.03. The van der Waals surface area contributed by atoms with E-state index in [1.807, 2.05) is 19.2 Å². The summed E-state index contributed by atoms with van der Waals surface area (Å²) < 4.78 is 5.32. The predicted molar refractivity (Wildman–Crippen MR) is 58.3 cm³/mol. The lowest BCUT2D eigenvalue weighted by atomic mass is 10.1. The molecular formula is C11H11NO2S. The first-order valence-corrected chi connectivity index (χ1v) is 5.53. The second-order valence-corrected chi connectivity index (χ2v) is 4.33. The van der Waals surface area contributed by atoms with Crippen LogP contribution in [-0.2, 0) is 6.42 Å². The zero-order valence-electron chi connectivity index (χ0n) is 8.61. The van der Waals surface area contributed by atoms with Crippen LogP contribution in [0.15, 0.2) is 22.1 Å². The van der Waals surface area contributed by atoms with E-state index in [0.29, 0.717) is 17.7 Å². The van der Waals surface area contributed by atoms with Crippen LogP contribution in [0.5, 0.6) is 0 Å². The van der Waals surface area contributed by atoms with Crippen molar-refractivity contribution in [1.82, 2.24) is 4.98 Å². The highest BCUT2D eigenvalue weighted by molar-refractivity contribution is 7.09. The molecular weight excluding hydrogens is 210 g/mol. The Morgan fingerprint density at radius 1 is 1.53 bits per heavy atom. The summed E-state index contributed by atoms with van der Waals surface area (Å²) in [6.45, 7) is 3.65. The fourth-order valence-electron chi connectivity index (χ4n) is 1.48. The van der Waals surface area contributed by atoms with Gasteiger partial charge in [0.15, 0.2) is 5.78 Å². The van der Waals surface area contributed by atoms with Crippen molar-refractivity contribution in [1.29, 1.82) is 0 Å². The zero-order chi connectivity index (χ0) is 10.8. The lowest BCUT2D eigenvalue weighted by molar-refractivity contribution is 0.0991. The summed E-state index contributed by atoms with van der Waals surface area (Å²) in [6.07, 6.45) is 2.07. The zero-order valence-corrected chi connectivity index (χ0v) is 9.43. The van der Waals surface area contributed by atoms with Gasteiger partial charge in [0.25, 0.3) is 0 Å². The van der Waals surface area contributed by atoms with Crippen molar-refractivity contribution < 1.29 is 9.21 Å². The fourth-order valence-corrected chi connectivity index (χ4v) is 2.10. The first-order chi connectivity index (χ1) is 7.16. The number of rotatable bonds is 3. The molecule has 0 aliphatic rings. The van der Waals surface area contributed by atoms with Crippen molar-refractivity contribution in [2.75, 3.05) is 0 Å². The smallest absolute Gasteiger partial charge is 0.173 e. The van der Waals surface area contributed by atoms with Crippen LogP contribution >= 0.6 is 11.3 Å². The van der Waals surface area contributed by atoms with Gasteiger partial charge in [-0.1, -0.05) is 0 Å². The van der Waals surface area contributed by atoms with Crippen molar-refractivity contribution in [3.63, 3.8) is 0 Å². The van der Waals surface area contributed by atoms with E-state index >= 15 is 0 Å². The number of hydrogen-bond acceptors (Lipinski definition) is 4. The third-order valence-electron chi connectivity index (χ3n) is 2.14. The molecule has 2 aromatic rings. The summed E-state index contributed by atoms with van der Waals surface area (Å²) in [6, 6.07) is 1.78.